The van der Waals surface area contributed by atoms with Gasteiger partial charge in [0.15, 0.2) is 0 Å². The summed E-state index contributed by atoms with van der Waals surface area (Å²) in [6.45, 7) is 0.294. The lowest BCUT2D eigenvalue weighted by Gasteiger charge is -2.05. The van der Waals surface area contributed by atoms with Gasteiger partial charge in [-0.15, -0.1) is 11.3 Å². The van der Waals surface area contributed by atoms with E-state index in [0.717, 1.165) is 16.9 Å². The van der Waals surface area contributed by atoms with Crippen molar-refractivity contribution in [2.24, 2.45) is 0 Å². The van der Waals surface area contributed by atoms with Crippen LogP contribution in [0.25, 0.3) is 0 Å². The number of carbonyl (C=O) groups excluding carboxylic acids is 1. The van der Waals surface area contributed by atoms with Gasteiger partial charge in [0.1, 0.15) is 4.34 Å². The van der Waals surface area contributed by atoms with E-state index < -0.39 is 5.91 Å². The highest BCUT2D eigenvalue weighted by Gasteiger charge is 2.14. The molecule has 3 nitrogen and oxygen atoms in total. The van der Waals surface area contributed by atoms with Gasteiger partial charge in [0.05, 0.1) is 16.5 Å². The fourth-order valence-electron chi connectivity index (χ4n) is 1.31. The molecule has 1 heterocycles. The Labute approximate surface area is 118 Å². The van der Waals surface area contributed by atoms with Crippen molar-refractivity contribution >= 4 is 40.4 Å². The van der Waals surface area contributed by atoms with Crippen LogP contribution >= 0.6 is 34.5 Å². The molecule has 0 aliphatic carbocycles. The highest BCUT2D eigenvalue weighted by atomic mass is 35.5. The second kappa shape index (κ2) is 6.20. The van der Waals surface area contributed by atoms with Gasteiger partial charge < -0.3 is 0 Å². The number of benzene rings is 1. The zero-order valence-corrected chi connectivity index (χ0v) is 11.5. The van der Waals surface area contributed by atoms with E-state index in [4.69, 9.17) is 28.0 Å². The maximum Gasteiger partial charge on any atom is 0.277 e. The minimum atomic E-state index is -0.404. The van der Waals surface area contributed by atoms with Crippen molar-refractivity contribution in [3.63, 3.8) is 0 Å². The number of hydrogen-bond donors (Lipinski definition) is 1. The smallest absolute Gasteiger partial charge is 0.269 e. The minimum absolute atomic E-state index is 0.294. The van der Waals surface area contributed by atoms with Crippen molar-refractivity contribution in [2.45, 2.75) is 6.61 Å². The van der Waals surface area contributed by atoms with Crippen LogP contribution in [-0.2, 0) is 11.4 Å². The Kier molecular flexibility index (Phi) is 4.60. The van der Waals surface area contributed by atoms with E-state index in [9.17, 15) is 4.79 Å². The second-order valence-corrected chi connectivity index (χ2v) is 5.73. The summed E-state index contributed by atoms with van der Waals surface area (Å²) < 4.78 is 0.814. The zero-order valence-electron chi connectivity index (χ0n) is 9.15. The highest BCUT2D eigenvalue weighted by molar-refractivity contribution is 7.20. The van der Waals surface area contributed by atoms with Gasteiger partial charge in [-0.3, -0.25) is 9.63 Å². The number of amides is 1. The summed E-state index contributed by atoms with van der Waals surface area (Å²) in [6.07, 6.45) is 0. The summed E-state index contributed by atoms with van der Waals surface area (Å²) in [5.74, 6) is -0.404. The predicted molar refractivity (Wildman–Crippen MR) is 73.0 cm³/mol. The number of rotatable bonds is 4. The van der Waals surface area contributed by atoms with Crippen LogP contribution < -0.4 is 5.48 Å². The van der Waals surface area contributed by atoms with E-state index in [1.807, 2.05) is 30.3 Å². The zero-order chi connectivity index (χ0) is 13.0. The Hall–Kier alpha value is -1.07. The average Bonchev–Trinajstić information content (AvgIpc) is 2.70. The lowest BCUT2D eigenvalue weighted by atomic mass is 10.2. The van der Waals surface area contributed by atoms with Crippen LogP contribution in [0.2, 0.25) is 8.67 Å². The summed E-state index contributed by atoms with van der Waals surface area (Å²) in [5.41, 5.74) is 3.61. The van der Waals surface area contributed by atoms with E-state index in [0.29, 0.717) is 20.8 Å². The van der Waals surface area contributed by atoms with Gasteiger partial charge in [-0.1, -0.05) is 53.5 Å². The van der Waals surface area contributed by atoms with Crippen molar-refractivity contribution in [1.82, 2.24) is 5.48 Å². The molecule has 0 atom stereocenters. The Balaban J connectivity index is 1.87. The third-order valence-electron chi connectivity index (χ3n) is 2.15. The average molecular weight is 302 g/mol. The largest absolute Gasteiger partial charge is 0.277 e. The minimum Gasteiger partial charge on any atom is -0.269 e. The van der Waals surface area contributed by atoms with Crippen LogP contribution in [0.5, 0.6) is 0 Å². The first-order chi connectivity index (χ1) is 8.66. The van der Waals surface area contributed by atoms with E-state index in [-0.39, 0.29) is 0 Å². The molecule has 2 rings (SSSR count). The number of nitrogens with one attached hydrogen (secondary N) is 1. The van der Waals surface area contributed by atoms with E-state index in [1.54, 1.807) is 0 Å². The summed E-state index contributed by atoms with van der Waals surface area (Å²) in [7, 11) is 0. The van der Waals surface area contributed by atoms with Crippen molar-refractivity contribution in [3.05, 3.63) is 56.2 Å². The third kappa shape index (κ3) is 3.46. The first-order valence-corrected chi connectivity index (χ1v) is 6.65. The number of halogens is 2. The van der Waals surface area contributed by atoms with E-state index in [1.165, 1.54) is 6.07 Å². The van der Waals surface area contributed by atoms with Gasteiger partial charge in [0.2, 0.25) is 0 Å². The van der Waals surface area contributed by atoms with Gasteiger partial charge in [-0.25, -0.2) is 5.48 Å². The molecule has 1 aromatic heterocycles. The fraction of sp³-hybridized carbons (Fsp3) is 0.0833. The van der Waals surface area contributed by atoms with E-state index in [2.05, 4.69) is 5.48 Å². The third-order valence-corrected chi connectivity index (χ3v) is 3.64. The second-order valence-electron chi connectivity index (χ2n) is 3.44. The SMILES string of the molecule is O=C(NOCc1ccccc1)c1cc(Cl)sc1Cl. The van der Waals surface area contributed by atoms with Crippen LogP contribution in [0, 0.1) is 0 Å². The van der Waals surface area contributed by atoms with Gasteiger partial charge in [0, 0.05) is 0 Å². The molecule has 0 saturated heterocycles. The molecule has 0 fully saturated rings. The number of hydrogen-bond acceptors (Lipinski definition) is 3. The molecular weight excluding hydrogens is 293 g/mol. The van der Waals surface area contributed by atoms with E-state index >= 15 is 0 Å². The van der Waals surface area contributed by atoms with Gasteiger partial charge >= 0.3 is 0 Å². The van der Waals surface area contributed by atoms with Gasteiger partial charge in [-0.05, 0) is 11.6 Å². The first-order valence-electron chi connectivity index (χ1n) is 5.07. The molecule has 2 aromatic rings. The summed E-state index contributed by atoms with van der Waals surface area (Å²) in [5, 5.41) is 0. The predicted octanol–water partition coefficient (Wildman–Crippen LogP) is 3.92. The van der Waals surface area contributed by atoms with Crippen molar-refractivity contribution in [2.75, 3.05) is 0 Å². The standard InChI is InChI=1S/C12H9Cl2NO2S/c13-10-6-9(11(14)18-10)12(16)15-17-7-8-4-2-1-3-5-8/h1-6H,7H2,(H,15,16). The van der Waals surface area contributed by atoms with Crippen LogP contribution in [0.3, 0.4) is 0 Å². The topological polar surface area (TPSA) is 38.3 Å². The molecule has 18 heavy (non-hydrogen) atoms. The van der Waals surface area contributed by atoms with Crippen LogP contribution in [-0.4, -0.2) is 5.91 Å². The summed E-state index contributed by atoms with van der Waals surface area (Å²) >= 11 is 12.7. The van der Waals surface area contributed by atoms with Crippen molar-refractivity contribution in [3.8, 4) is 0 Å². The molecule has 0 spiro atoms. The molecular formula is C12H9Cl2NO2S. The fourth-order valence-corrected chi connectivity index (χ4v) is 2.77. The van der Waals surface area contributed by atoms with Gasteiger partial charge in [0.25, 0.3) is 5.91 Å². The Bertz CT molecular complexity index is 542. The Morgan fingerprint density at radius 3 is 2.61 bits per heavy atom. The lowest BCUT2D eigenvalue weighted by molar-refractivity contribution is 0.0234. The molecule has 0 saturated carbocycles. The molecule has 0 unspecified atom stereocenters. The number of hydroxylamine groups is 1. The van der Waals surface area contributed by atoms with Crippen molar-refractivity contribution < 1.29 is 9.63 Å². The molecule has 0 aliphatic heterocycles. The molecule has 6 heteroatoms. The number of thiophene rings is 1. The molecule has 1 aromatic carbocycles. The van der Waals surface area contributed by atoms with Crippen LogP contribution in [0.4, 0.5) is 0 Å². The Morgan fingerprint density at radius 2 is 2.00 bits per heavy atom. The molecule has 0 bridgehead atoms. The van der Waals surface area contributed by atoms with Gasteiger partial charge in [-0.2, -0.15) is 0 Å². The molecule has 0 radical (unpaired) electrons. The summed E-state index contributed by atoms with van der Waals surface area (Å²) in [6, 6.07) is 11.0. The molecule has 1 N–H and O–H groups in total. The number of carbonyl (C=O) groups is 1. The highest BCUT2D eigenvalue weighted by Crippen LogP contribution is 2.30. The lowest BCUT2D eigenvalue weighted by Crippen LogP contribution is -2.23. The maximum absolute atomic E-state index is 11.7. The van der Waals surface area contributed by atoms with Crippen molar-refractivity contribution in [1.29, 1.82) is 0 Å². The summed E-state index contributed by atoms with van der Waals surface area (Å²) in [4.78, 5) is 16.8. The Morgan fingerprint density at radius 1 is 1.28 bits per heavy atom. The first kappa shape index (κ1) is 13.4. The normalized spacial score (nSPS) is 10.3. The molecule has 0 aliphatic rings. The molecule has 94 valence electrons. The monoisotopic (exact) mass is 301 g/mol. The molecule has 1 amide bonds. The maximum atomic E-state index is 11.7. The van der Waals surface area contributed by atoms with Crippen LogP contribution in [0.15, 0.2) is 36.4 Å². The van der Waals surface area contributed by atoms with Crippen LogP contribution in [0.1, 0.15) is 15.9 Å². The quantitative estimate of drug-likeness (QED) is 0.869.